The number of nitrogens with one attached hydrogen (secondary N) is 1. The molecule has 0 bridgehead atoms. The lowest BCUT2D eigenvalue weighted by molar-refractivity contribution is 0.0996. The highest BCUT2D eigenvalue weighted by Gasteiger charge is 2.25. The lowest BCUT2D eigenvalue weighted by Crippen LogP contribution is -2.14. The Balaban J connectivity index is 1.64. The molecule has 0 saturated heterocycles. The number of furan rings is 1. The van der Waals surface area contributed by atoms with Gasteiger partial charge in [0.05, 0.1) is 12.0 Å². The van der Waals surface area contributed by atoms with E-state index in [-0.39, 0.29) is 17.4 Å². The molecule has 2 aromatic heterocycles. The van der Waals surface area contributed by atoms with Gasteiger partial charge >= 0.3 is 0 Å². The highest BCUT2D eigenvalue weighted by molar-refractivity contribution is 6.02. The smallest absolute Gasteiger partial charge is 0.291 e. The van der Waals surface area contributed by atoms with Crippen molar-refractivity contribution in [3.05, 3.63) is 54.1 Å². The van der Waals surface area contributed by atoms with Crippen molar-refractivity contribution in [3.63, 3.8) is 0 Å². The fourth-order valence-corrected chi connectivity index (χ4v) is 3.27. The third-order valence-electron chi connectivity index (χ3n) is 4.91. The molecule has 1 saturated carbocycles. The largest absolute Gasteiger partial charge is 0.507 e. The number of nitrogens with zero attached hydrogens (tertiary/aromatic N) is 2. The molecule has 2 heterocycles. The van der Waals surface area contributed by atoms with Gasteiger partial charge in [0.1, 0.15) is 5.75 Å². The Morgan fingerprint density at radius 2 is 2.19 bits per heavy atom. The molecule has 1 amide bonds. The van der Waals surface area contributed by atoms with Crippen molar-refractivity contribution >= 4 is 11.6 Å². The lowest BCUT2D eigenvalue weighted by atomic mass is 9.82. The Kier molecular flexibility index (Phi) is 4.24. The molecular formula is C20H21N3O3. The minimum Gasteiger partial charge on any atom is -0.507 e. The number of benzene rings is 1. The average molecular weight is 351 g/mol. The van der Waals surface area contributed by atoms with Crippen molar-refractivity contribution in [2.24, 2.45) is 0 Å². The summed E-state index contributed by atoms with van der Waals surface area (Å²) in [6, 6.07) is 10.3. The second-order valence-electron chi connectivity index (χ2n) is 6.56. The fourth-order valence-electron chi connectivity index (χ4n) is 3.27. The molecule has 0 atom stereocenters. The number of rotatable bonds is 5. The molecule has 3 aromatic rings. The van der Waals surface area contributed by atoms with Crippen LogP contribution < -0.4 is 5.32 Å². The van der Waals surface area contributed by atoms with Gasteiger partial charge in [-0.3, -0.25) is 9.48 Å². The summed E-state index contributed by atoms with van der Waals surface area (Å²) in [4.78, 5) is 12.2. The van der Waals surface area contributed by atoms with E-state index in [2.05, 4.69) is 23.4 Å². The van der Waals surface area contributed by atoms with E-state index < -0.39 is 0 Å². The van der Waals surface area contributed by atoms with Crippen LogP contribution in [0.3, 0.4) is 0 Å². The third kappa shape index (κ3) is 2.98. The number of aromatic nitrogens is 2. The molecule has 0 radical (unpaired) electrons. The number of phenols is 1. The Morgan fingerprint density at radius 1 is 1.35 bits per heavy atom. The van der Waals surface area contributed by atoms with Crippen molar-refractivity contribution in [2.75, 3.05) is 5.32 Å². The van der Waals surface area contributed by atoms with Crippen LogP contribution in [0.4, 0.5) is 5.69 Å². The van der Waals surface area contributed by atoms with E-state index in [1.54, 1.807) is 30.3 Å². The summed E-state index contributed by atoms with van der Waals surface area (Å²) in [5, 5.41) is 17.8. The number of anilines is 1. The number of aryl methyl sites for hydroxylation is 1. The molecule has 1 aliphatic rings. The predicted octanol–water partition coefficient (Wildman–Crippen LogP) is 4.39. The van der Waals surface area contributed by atoms with E-state index in [9.17, 15) is 9.90 Å². The van der Waals surface area contributed by atoms with Crippen molar-refractivity contribution < 1.29 is 14.3 Å². The summed E-state index contributed by atoms with van der Waals surface area (Å²) in [5.74, 6) is 0.602. The quantitative estimate of drug-likeness (QED) is 0.668. The molecule has 26 heavy (non-hydrogen) atoms. The number of carbonyl (C=O) groups is 1. The van der Waals surface area contributed by atoms with E-state index in [1.807, 2.05) is 4.68 Å². The summed E-state index contributed by atoms with van der Waals surface area (Å²) in [7, 11) is 0. The highest BCUT2D eigenvalue weighted by Crippen LogP contribution is 2.39. The van der Waals surface area contributed by atoms with Crippen LogP contribution in [-0.4, -0.2) is 20.8 Å². The maximum absolute atomic E-state index is 12.2. The number of carbonyl (C=O) groups excluding carboxylic acids is 1. The first kappa shape index (κ1) is 16.4. The standard InChI is InChI=1S/C20H21N3O3/c1-2-23-17(13-5-3-6-13)12-16(22-23)15-11-14(8-9-18(15)24)21-20(25)19-7-4-10-26-19/h4,7-13,24H,2-3,5-6H2,1H3,(H,21,25). The molecule has 4 rings (SSSR count). The predicted molar refractivity (Wildman–Crippen MR) is 98.3 cm³/mol. The van der Waals surface area contributed by atoms with Crippen molar-refractivity contribution in [2.45, 2.75) is 38.6 Å². The van der Waals surface area contributed by atoms with Gasteiger partial charge in [0.15, 0.2) is 5.76 Å². The summed E-state index contributed by atoms with van der Waals surface area (Å²) in [6.07, 6.45) is 5.09. The SMILES string of the molecule is CCn1nc(-c2cc(NC(=O)c3ccco3)ccc2O)cc1C1CCC1. The van der Waals surface area contributed by atoms with E-state index in [0.29, 0.717) is 17.2 Å². The molecule has 1 aromatic carbocycles. The first-order valence-corrected chi connectivity index (χ1v) is 8.91. The van der Waals surface area contributed by atoms with Gasteiger partial charge in [-0.15, -0.1) is 0 Å². The second-order valence-corrected chi connectivity index (χ2v) is 6.56. The van der Waals surface area contributed by atoms with E-state index in [4.69, 9.17) is 4.42 Å². The zero-order valence-corrected chi connectivity index (χ0v) is 14.6. The zero-order chi connectivity index (χ0) is 18.1. The summed E-state index contributed by atoms with van der Waals surface area (Å²) in [5.41, 5.74) is 3.13. The van der Waals surface area contributed by atoms with Crippen LogP contribution in [0.15, 0.2) is 47.1 Å². The van der Waals surface area contributed by atoms with Crippen molar-refractivity contribution in [3.8, 4) is 17.0 Å². The molecule has 134 valence electrons. The first-order valence-electron chi connectivity index (χ1n) is 8.91. The number of hydrogen-bond donors (Lipinski definition) is 2. The van der Waals surface area contributed by atoms with Crippen LogP contribution in [0.5, 0.6) is 5.75 Å². The van der Waals surface area contributed by atoms with Crippen LogP contribution in [0.2, 0.25) is 0 Å². The van der Waals surface area contributed by atoms with Gasteiger partial charge in [-0.25, -0.2) is 0 Å². The topological polar surface area (TPSA) is 80.3 Å². The maximum atomic E-state index is 12.2. The summed E-state index contributed by atoms with van der Waals surface area (Å²) >= 11 is 0. The van der Waals surface area contributed by atoms with Crippen LogP contribution >= 0.6 is 0 Å². The average Bonchev–Trinajstić information content (AvgIpc) is 3.25. The van der Waals surface area contributed by atoms with E-state index >= 15 is 0 Å². The van der Waals surface area contributed by atoms with Crippen molar-refractivity contribution in [1.82, 2.24) is 9.78 Å². The molecule has 0 aliphatic heterocycles. The molecule has 0 unspecified atom stereocenters. The van der Waals surface area contributed by atoms with Gasteiger partial charge in [0.25, 0.3) is 5.91 Å². The summed E-state index contributed by atoms with van der Waals surface area (Å²) in [6.45, 7) is 2.86. The van der Waals surface area contributed by atoms with Gasteiger partial charge in [0.2, 0.25) is 0 Å². The molecule has 0 spiro atoms. The normalized spacial score (nSPS) is 14.2. The molecule has 2 N–H and O–H groups in total. The number of phenolic OH excluding ortho intramolecular Hbond substituents is 1. The first-order chi connectivity index (χ1) is 12.7. The van der Waals surface area contributed by atoms with Crippen LogP contribution in [0, 0.1) is 0 Å². The minimum atomic E-state index is -0.333. The van der Waals surface area contributed by atoms with Gasteiger partial charge in [-0.1, -0.05) is 6.42 Å². The monoisotopic (exact) mass is 351 g/mol. The lowest BCUT2D eigenvalue weighted by Gasteiger charge is -2.25. The van der Waals surface area contributed by atoms with Crippen LogP contribution in [0.1, 0.15) is 48.4 Å². The molecule has 6 nitrogen and oxygen atoms in total. The Hall–Kier alpha value is -3.02. The Morgan fingerprint density at radius 3 is 2.85 bits per heavy atom. The number of aromatic hydroxyl groups is 1. The molecule has 6 heteroatoms. The number of hydrogen-bond acceptors (Lipinski definition) is 4. The Bertz CT molecular complexity index is 924. The van der Waals surface area contributed by atoms with Gasteiger partial charge in [-0.2, -0.15) is 5.10 Å². The van der Waals surface area contributed by atoms with E-state index in [1.165, 1.54) is 31.2 Å². The van der Waals surface area contributed by atoms with E-state index in [0.717, 1.165) is 12.2 Å². The van der Waals surface area contributed by atoms with Crippen LogP contribution in [0.25, 0.3) is 11.3 Å². The fraction of sp³-hybridized carbons (Fsp3) is 0.300. The third-order valence-corrected chi connectivity index (χ3v) is 4.91. The second kappa shape index (κ2) is 6.71. The number of amides is 1. The molecular weight excluding hydrogens is 330 g/mol. The Labute approximate surface area is 151 Å². The highest BCUT2D eigenvalue weighted by atomic mass is 16.3. The van der Waals surface area contributed by atoms with Crippen LogP contribution in [-0.2, 0) is 6.54 Å². The minimum absolute atomic E-state index is 0.141. The molecule has 1 fully saturated rings. The maximum Gasteiger partial charge on any atom is 0.291 e. The van der Waals surface area contributed by atoms with Gasteiger partial charge in [-0.05, 0) is 56.2 Å². The zero-order valence-electron chi connectivity index (χ0n) is 14.6. The summed E-state index contributed by atoms with van der Waals surface area (Å²) < 4.78 is 7.11. The van der Waals surface area contributed by atoms with Crippen molar-refractivity contribution in [1.29, 1.82) is 0 Å². The van der Waals surface area contributed by atoms with Gasteiger partial charge in [0, 0.05) is 29.4 Å². The van der Waals surface area contributed by atoms with Gasteiger partial charge < -0.3 is 14.8 Å². The molecule has 1 aliphatic carbocycles.